The van der Waals surface area contributed by atoms with Gasteiger partial charge in [0, 0.05) is 0 Å². The van der Waals surface area contributed by atoms with Crippen LogP contribution >= 0.6 is 0 Å². The fourth-order valence-electron chi connectivity index (χ4n) is 3.16. The Morgan fingerprint density at radius 3 is 2.88 bits per heavy atom. The largest absolute Gasteiger partial charge is 0.507 e. The van der Waals surface area contributed by atoms with E-state index in [1.807, 2.05) is 25.1 Å². The van der Waals surface area contributed by atoms with Gasteiger partial charge in [-0.15, -0.1) is 0 Å². The molecule has 1 aliphatic carbocycles. The van der Waals surface area contributed by atoms with Crippen molar-refractivity contribution < 1.29 is 19.4 Å². The van der Waals surface area contributed by atoms with Gasteiger partial charge < -0.3 is 15.2 Å². The SMILES string of the molecule is Cc1ccc(O)c(C(=O)OCC(=O)N[C@@H]2CCCc3ccccc32)c1. The Hall–Kier alpha value is -2.82. The van der Waals surface area contributed by atoms with Crippen molar-refractivity contribution in [3.8, 4) is 5.75 Å². The topological polar surface area (TPSA) is 75.6 Å². The minimum atomic E-state index is -0.708. The van der Waals surface area contributed by atoms with Crippen LogP contribution in [0.2, 0.25) is 0 Å². The van der Waals surface area contributed by atoms with Gasteiger partial charge in [-0.2, -0.15) is 0 Å². The maximum atomic E-state index is 12.2. The first-order valence-electron chi connectivity index (χ1n) is 8.38. The number of phenolic OH excluding ortho intramolecular Hbond substituents is 1. The normalized spacial score (nSPS) is 16.0. The van der Waals surface area contributed by atoms with E-state index in [-0.39, 0.29) is 29.9 Å². The number of rotatable bonds is 4. The average Bonchev–Trinajstić information content (AvgIpc) is 2.62. The molecule has 130 valence electrons. The van der Waals surface area contributed by atoms with Gasteiger partial charge in [-0.3, -0.25) is 4.79 Å². The molecule has 0 heterocycles. The molecule has 1 aliphatic rings. The summed E-state index contributed by atoms with van der Waals surface area (Å²) in [6, 6.07) is 12.7. The number of carbonyl (C=O) groups is 2. The maximum absolute atomic E-state index is 12.2. The van der Waals surface area contributed by atoms with E-state index >= 15 is 0 Å². The van der Waals surface area contributed by atoms with E-state index in [4.69, 9.17) is 4.74 Å². The lowest BCUT2D eigenvalue weighted by Gasteiger charge is -2.26. The number of hydrogen-bond donors (Lipinski definition) is 2. The minimum Gasteiger partial charge on any atom is -0.507 e. The lowest BCUT2D eigenvalue weighted by molar-refractivity contribution is -0.125. The van der Waals surface area contributed by atoms with Crippen LogP contribution in [0.25, 0.3) is 0 Å². The molecule has 1 amide bonds. The third-order valence-electron chi connectivity index (χ3n) is 4.41. The van der Waals surface area contributed by atoms with Crippen molar-refractivity contribution >= 4 is 11.9 Å². The summed E-state index contributed by atoms with van der Waals surface area (Å²) in [6.45, 7) is 1.44. The average molecular weight is 339 g/mol. The van der Waals surface area contributed by atoms with Crippen molar-refractivity contribution in [2.45, 2.75) is 32.2 Å². The first kappa shape index (κ1) is 17.0. The zero-order chi connectivity index (χ0) is 17.8. The molecule has 0 radical (unpaired) electrons. The smallest absolute Gasteiger partial charge is 0.342 e. The summed E-state index contributed by atoms with van der Waals surface area (Å²) in [5.74, 6) is -1.21. The summed E-state index contributed by atoms with van der Waals surface area (Å²) in [5.41, 5.74) is 3.27. The zero-order valence-electron chi connectivity index (χ0n) is 14.1. The Balaban J connectivity index is 1.59. The molecule has 0 fully saturated rings. The van der Waals surface area contributed by atoms with E-state index in [0.29, 0.717) is 0 Å². The van der Waals surface area contributed by atoms with Crippen molar-refractivity contribution in [1.82, 2.24) is 5.32 Å². The molecule has 2 aromatic carbocycles. The van der Waals surface area contributed by atoms with Gasteiger partial charge in [-0.25, -0.2) is 4.79 Å². The number of amides is 1. The molecule has 0 saturated carbocycles. The molecule has 1 atom stereocenters. The molecule has 2 aromatic rings. The Morgan fingerprint density at radius 2 is 2.04 bits per heavy atom. The van der Waals surface area contributed by atoms with Gasteiger partial charge in [0.05, 0.1) is 6.04 Å². The van der Waals surface area contributed by atoms with E-state index in [1.54, 1.807) is 6.07 Å². The molecule has 5 nitrogen and oxygen atoms in total. The number of phenols is 1. The van der Waals surface area contributed by atoms with Gasteiger partial charge in [0.1, 0.15) is 11.3 Å². The summed E-state index contributed by atoms with van der Waals surface area (Å²) >= 11 is 0. The van der Waals surface area contributed by atoms with Crippen molar-refractivity contribution in [1.29, 1.82) is 0 Å². The predicted octanol–water partition coefficient (Wildman–Crippen LogP) is 3.05. The van der Waals surface area contributed by atoms with E-state index in [1.165, 1.54) is 17.7 Å². The van der Waals surface area contributed by atoms with Crippen LogP contribution in [0.4, 0.5) is 0 Å². The zero-order valence-corrected chi connectivity index (χ0v) is 14.1. The van der Waals surface area contributed by atoms with Gasteiger partial charge >= 0.3 is 5.97 Å². The predicted molar refractivity (Wildman–Crippen MR) is 93.4 cm³/mol. The molecule has 3 rings (SSSR count). The van der Waals surface area contributed by atoms with Crippen LogP contribution in [0.1, 0.15) is 45.9 Å². The minimum absolute atomic E-state index is 0.0523. The third kappa shape index (κ3) is 3.99. The fraction of sp³-hybridized carbons (Fsp3) is 0.300. The summed E-state index contributed by atoms with van der Waals surface area (Å²) in [4.78, 5) is 24.2. The van der Waals surface area contributed by atoms with Crippen LogP contribution in [-0.2, 0) is 16.0 Å². The van der Waals surface area contributed by atoms with E-state index in [0.717, 1.165) is 30.4 Å². The van der Waals surface area contributed by atoms with Gasteiger partial charge in [0.15, 0.2) is 6.61 Å². The highest BCUT2D eigenvalue weighted by Gasteiger charge is 2.22. The van der Waals surface area contributed by atoms with Crippen molar-refractivity contribution in [3.05, 3.63) is 64.7 Å². The molecular formula is C20H21NO4. The maximum Gasteiger partial charge on any atom is 0.342 e. The highest BCUT2D eigenvalue weighted by Crippen LogP contribution is 2.29. The molecule has 0 bridgehead atoms. The summed E-state index contributed by atoms with van der Waals surface area (Å²) in [5, 5.41) is 12.7. The quantitative estimate of drug-likeness (QED) is 0.840. The standard InChI is InChI=1S/C20H21NO4/c1-13-9-10-18(22)16(11-13)20(24)25-12-19(23)21-17-8-4-6-14-5-2-3-7-15(14)17/h2-3,5,7,9-11,17,22H,4,6,8,12H2,1H3,(H,21,23)/t17-/m1/s1. The third-order valence-corrected chi connectivity index (χ3v) is 4.41. The van der Waals surface area contributed by atoms with Crippen LogP contribution in [0.3, 0.4) is 0 Å². The van der Waals surface area contributed by atoms with Crippen LogP contribution < -0.4 is 5.32 Å². The molecule has 0 aliphatic heterocycles. The molecular weight excluding hydrogens is 318 g/mol. The Morgan fingerprint density at radius 1 is 1.24 bits per heavy atom. The fourth-order valence-corrected chi connectivity index (χ4v) is 3.16. The van der Waals surface area contributed by atoms with Crippen LogP contribution in [0.15, 0.2) is 42.5 Å². The monoisotopic (exact) mass is 339 g/mol. The van der Waals surface area contributed by atoms with E-state index < -0.39 is 5.97 Å². The lowest BCUT2D eigenvalue weighted by atomic mass is 9.88. The second-order valence-corrected chi connectivity index (χ2v) is 6.31. The van der Waals surface area contributed by atoms with Crippen LogP contribution in [-0.4, -0.2) is 23.6 Å². The number of carbonyl (C=O) groups excluding carboxylic acids is 2. The first-order valence-corrected chi connectivity index (χ1v) is 8.38. The van der Waals surface area contributed by atoms with E-state index in [9.17, 15) is 14.7 Å². The second kappa shape index (κ2) is 7.38. The number of esters is 1. The molecule has 0 saturated heterocycles. The molecule has 2 N–H and O–H groups in total. The molecule has 0 aromatic heterocycles. The number of fused-ring (bicyclic) bond motifs is 1. The Labute approximate surface area is 146 Å². The number of aromatic hydroxyl groups is 1. The van der Waals surface area contributed by atoms with Gasteiger partial charge in [-0.1, -0.05) is 35.9 Å². The van der Waals surface area contributed by atoms with Gasteiger partial charge in [0.2, 0.25) is 0 Å². The summed E-state index contributed by atoms with van der Waals surface area (Å²) in [7, 11) is 0. The number of nitrogens with one attached hydrogen (secondary N) is 1. The molecule has 25 heavy (non-hydrogen) atoms. The van der Waals surface area contributed by atoms with Crippen molar-refractivity contribution in [2.24, 2.45) is 0 Å². The summed E-state index contributed by atoms with van der Waals surface area (Å²) < 4.78 is 5.04. The second-order valence-electron chi connectivity index (χ2n) is 6.31. The number of hydrogen-bond acceptors (Lipinski definition) is 4. The number of benzene rings is 2. The van der Waals surface area contributed by atoms with Crippen molar-refractivity contribution in [2.75, 3.05) is 6.61 Å². The lowest BCUT2D eigenvalue weighted by Crippen LogP contribution is -2.34. The Bertz CT molecular complexity index is 800. The molecule has 5 heteroatoms. The molecule has 0 unspecified atom stereocenters. The van der Waals surface area contributed by atoms with Gasteiger partial charge in [0.25, 0.3) is 5.91 Å². The van der Waals surface area contributed by atoms with E-state index in [2.05, 4.69) is 11.4 Å². The number of aryl methyl sites for hydroxylation is 2. The Kier molecular flexibility index (Phi) is 5.03. The van der Waals surface area contributed by atoms with Crippen molar-refractivity contribution in [3.63, 3.8) is 0 Å². The highest BCUT2D eigenvalue weighted by atomic mass is 16.5. The highest BCUT2D eigenvalue weighted by molar-refractivity contribution is 5.94. The summed E-state index contributed by atoms with van der Waals surface area (Å²) in [6.07, 6.45) is 2.90. The molecule has 0 spiro atoms. The first-order chi connectivity index (χ1) is 12.0. The van der Waals surface area contributed by atoms with Crippen LogP contribution in [0.5, 0.6) is 5.75 Å². The number of ether oxygens (including phenoxy) is 1. The van der Waals surface area contributed by atoms with Crippen LogP contribution in [0, 0.1) is 6.92 Å². The van der Waals surface area contributed by atoms with Gasteiger partial charge in [-0.05, 0) is 49.4 Å².